The number of hydrogen-bond acceptors (Lipinski definition) is 3. The Hall–Kier alpha value is -2.04. The lowest BCUT2D eigenvalue weighted by Gasteiger charge is -2.38. The van der Waals surface area contributed by atoms with Gasteiger partial charge >= 0.3 is 5.97 Å². The smallest absolute Gasteiger partial charge is 0.309 e. The summed E-state index contributed by atoms with van der Waals surface area (Å²) < 4.78 is 5.21. The van der Waals surface area contributed by atoms with Gasteiger partial charge in [0, 0.05) is 12.0 Å². The molecule has 1 amide bonds. The molecule has 0 radical (unpaired) electrons. The third-order valence-electron chi connectivity index (χ3n) is 3.80. The molecule has 1 N–H and O–H groups in total. The summed E-state index contributed by atoms with van der Waals surface area (Å²) in [5.41, 5.74) is 0.359. The van der Waals surface area contributed by atoms with Gasteiger partial charge in [-0.15, -0.1) is 0 Å². The average Bonchev–Trinajstić information content (AvgIpc) is 2.76. The van der Waals surface area contributed by atoms with Gasteiger partial charge < -0.3 is 14.7 Å². The Morgan fingerprint density at radius 1 is 1.38 bits per heavy atom. The maximum absolute atomic E-state index is 12.3. The van der Waals surface area contributed by atoms with Gasteiger partial charge in [0.05, 0.1) is 19.1 Å². The SMILES string of the molecule is COc1cccc(C2C(C(=O)O)CC(=O)N2C(C)(C)C)c1. The molecule has 1 saturated heterocycles. The van der Waals surface area contributed by atoms with Crippen molar-refractivity contribution in [3.8, 4) is 5.75 Å². The zero-order valence-electron chi connectivity index (χ0n) is 12.8. The predicted octanol–water partition coefficient (Wildman–Crippen LogP) is 2.47. The van der Waals surface area contributed by atoms with E-state index in [4.69, 9.17) is 4.74 Å². The molecule has 1 aromatic rings. The Bertz CT molecular complexity index is 562. The van der Waals surface area contributed by atoms with E-state index in [1.54, 1.807) is 24.1 Å². The number of carboxylic acid groups (broad SMARTS) is 1. The van der Waals surface area contributed by atoms with Crippen LogP contribution in [0.15, 0.2) is 24.3 Å². The van der Waals surface area contributed by atoms with Crippen molar-refractivity contribution < 1.29 is 19.4 Å². The maximum Gasteiger partial charge on any atom is 0.309 e. The van der Waals surface area contributed by atoms with Crippen LogP contribution in [0.4, 0.5) is 0 Å². The molecule has 2 atom stereocenters. The summed E-state index contributed by atoms with van der Waals surface area (Å²) in [6.45, 7) is 5.76. The minimum atomic E-state index is -0.942. The van der Waals surface area contributed by atoms with E-state index in [0.29, 0.717) is 5.75 Å². The van der Waals surface area contributed by atoms with Gasteiger partial charge in [-0.25, -0.2) is 0 Å². The first kappa shape index (κ1) is 15.4. The maximum atomic E-state index is 12.3. The Labute approximate surface area is 124 Å². The normalized spacial score (nSPS) is 22.5. The standard InChI is InChI=1S/C16H21NO4/c1-16(2,3)17-13(18)9-12(15(19)20)14(17)10-6-5-7-11(8-10)21-4/h5-8,12,14H,9H2,1-4H3,(H,19,20). The van der Waals surface area contributed by atoms with Crippen LogP contribution in [-0.4, -0.2) is 34.5 Å². The Morgan fingerprint density at radius 2 is 2.05 bits per heavy atom. The lowest BCUT2D eigenvalue weighted by atomic mass is 9.91. The monoisotopic (exact) mass is 291 g/mol. The largest absolute Gasteiger partial charge is 0.497 e. The van der Waals surface area contributed by atoms with Gasteiger partial charge in [0.2, 0.25) is 5.91 Å². The molecule has 5 heteroatoms. The molecular weight excluding hydrogens is 270 g/mol. The minimum absolute atomic E-state index is 0.0362. The average molecular weight is 291 g/mol. The van der Waals surface area contributed by atoms with E-state index in [0.717, 1.165) is 5.56 Å². The molecule has 0 saturated carbocycles. The fourth-order valence-electron chi connectivity index (χ4n) is 2.95. The van der Waals surface area contributed by atoms with Crippen molar-refractivity contribution in [3.63, 3.8) is 0 Å². The Morgan fingerprint density at radius 3 is 2.57 bits per heavy atom. The lowest BCUT2D eigenvalue weighted by Crippen LogP contribution is -2.44. The highest BCUT2D eigenvalue weighted by atomic mass is 16.5. The number of carbonyl (C=O) groups is 2. The molecule has 2 unspecified atom stereocenters. The van der Waals surface area contributed by atoms with Crippen LogP contribution in [0.25, 0.3) is 0 Å². The second kappa shape index (κ2) is 5.39. The topological polar surface area (TPSA) is 66.8 Å². The summed E-state index contributed by atoms with van der Waals surface area (Å²) in [7, 11) is 1.56. The molecule has 0 aliphatic carbocycles. The van der Waals surface area contributed by atoms with E-state index in [-0.39, 0.29) is 12.3 Å². The molecule has 1 fully saturated rings. The lowest BCUT2D eigenvalue weighted by molar-refractivity contribution is -0.142. The minimum Gasteiger partial charge on any atom is -0.497 e. The number of methoxy groups -OCH3 is 1. The molecule has 1 aliphatic heterocycles. The van der Waals surface area contributed by atoms with Crippen LogP contribution in [0.3, 0.4) is 0 Å². The summed E-state index contributed by atoms with van der Waals surface area (Å²) in [6.07, 6.45) is 0.0362. The fraction of sp³-hybridized carbons (Fsp3) is 0.500. The summed E-state index contributed by atoms with van der Waals surface area (Å²) in [6, 6.07) is 6.80. The summed E-state index contributed by atoms with van der Waals surface area (Å²) in [4.78, 5) is 25.5. The van der Waals surface area contributed by atoms with E-state index >= 15 is 0 Å². The number of carbonyl (C=O) groups excluding carboxylic acids is 1. The molecule has 0 bridgehead atoms. The second-order valence-electron chi connectivity index (χ2n) is 6.30. The van der Waals surface area contributed by atoms with E-state index < -0.39 is 23.5 Å². The van der Waals surface area contributed by atoms with Crippen molar-refractivity contribution in [1.82, 2.24) is 4.90 Å². The van der Waals surface area contributed by atoms with Crippen molar-refractivity contribution >= 4 is 11.9 Å². The van der Waals surface area contributed by atoms with Gasteiger partial charge in [-0.3, -0.25) is 9.59 Å². The van der Waals surface area contributed by atoms with Gasteiger partial charge in [0.15, 0.2) is 0 Å². The molecule has 2 rings (SSSR count). The molecule has 1 heterocycles. The highest BCUT2D eigenvalue weighted by Crippen LogP contribution is 2.43. The third-order valence-corrected chi connectivity index (χ3v) is 3.80. The number of ether oxygens (including phenoxy) is 1. The van der Waals surface area contributed by atoms with Crippen molar-refractivity contribution in [1.29, 1.82) is 0 Å². The van der Waals surface area contributed by atoms with Crippen LogP contribution < -0.4 is 4.74 Å². The van der Waals surface area contributed by atoms with Gasteiger partial charge in [0.1, 0.15) is 5.75 Å². The molecule has 1 aliphatic rings. The van der Waals surface area contributed by atoms with Crippen LogP contribution in [0.5, 0.6) is 5.75 Å². The molecule has 1 aromatic carbocycles. The zero-order chi connectivity index (χ0) is 15.8. The number of nitrogens with zero attached hydrogens (tertiary/aromatic N) is 1. The van der Waals surface area contributed by atoms with Crippen LogP contribution in [0.2, 0.25) is 0 Å². The van der Waals surface area contributed by atoms with Gasteiger partial charge in [-0.1, -0.05) is 12.1 Å². The van der Waals surface area contributed by atoms with E-state index in [1.807, 2.05) is 32.9 Å². The van der Waals surface area contributed by atoms with E-state index in [9.17, 15) is 14.7 Å². The quantitative estimate of drug-likeness (QED) is 0.929. The Kier molecular flexibility index (Phi) is 3.94. The fourth-order valence-corrected chi connectivity index (χ4v) is 2.95. The first-order valence-corrected chi connectivity index (χ1v) is 6.94. The van der Waals surface area contributed by atoms with Crippen LogP contribution >= 0.6 is 0 Å². The van der Waals surface area contributed by atoms with Crippen LogP contribution in [0.1, 0.15) is 38.8 Å². The van der Waals surface area contributed by atoms with Gasteiger partial charge in [-0.2, -0.15) is 0 Å². The second-order valence-corrected chi connectivity index (χ2v) is 6.30. The molecule has 0 aromatic heterocycles. The van der Waals surface area contributed by atoms with Crippen molar-refractivity contribution in [2.75, 3.05) is 7.11 Å². The van der Waals surface area contributed by atoms with Gasteiger partial charge in [-0.05, 0) is 38.5 Å². The zero-order valence-corrected chi connectivity index (χ0v) is 12.8. The van der Waals surface area contributed by atoms with E-state index in [1.165, 1.54) is 0 Å². The van der Waals surface area contributed by atoms with Crippen LogP contribution in [0, 0.1) is 5.92 Å². The first-order chi connectivity index (χ1) is 9.75. The van der Waals surface area contributed by atoms with Crippen molar-refractivity contribution in [2.45, 2.75) is 38.8 Å². The highest BCUT2D eigenvalue weighted by Gasteiger charge is 2.48. The Balaban J connectivity index is 2.51. The van der Waals surface area contributed by atoms with E-state index in [2.05, 4.69) is 0 Å². The van der Waals surface area contributed by atoms with Crippen molar-refractivity contribution in [3.05, 3.63) is 29.8 Å². The third kappa shape index (κ3) is 2.86. The first-order valence-electron chi connectivity index (χ1n) is 6.94. The number of hydrogen-bond donors (Lipinski definition) is 1. The highest BCUT2D eigenvalue weighted by molar-refractivity contribution is 5.88. The number of amides is 1. The molecule has 0 spiro atoms. The number of aliphatic carboxylic acids is 1. The molecule has 5 nitrogen and oxygen atoms in total. The molecular formula is C16H21NO4. The summed E-state index contributed by atoms with van der Waals surface area (Å²) in [5, 5.41) is 9.46. The molecule has 114 valence electrons. The van der Waals surface area contributed by atoms with Crippen LogP contribution in [-0.2, 0) is 9.59 Å². The summed E-state index contributed by atoms with van der Waals surface area (Å²) in [5.74, 6) is -1.14. The number of rotatable bonds is 3. The molecule has 21 heavy (non-hydrogen) atoms. The number of likely N-dealkylation sites (tertiary alicyclic amines) is 1. The number of carboxylic acids is 1. The van der Waals surface area contributed by atoms with Crippen molar-refractivity contribution in [2.24, 2.45) is 5.92 Å². The number of benzene rings is 1. The predicted molar refractivity (Wildman–Crippen MR) is 78.1 cm³/mol. The van der Waals surface area contributed by atoms with Gasteiger partial charge in [0.25, 0.3) is 0 Å². The summed E-state index contributed by atoms with van der Waals surface area (Å²) >= 11 is 0.